The summed E-state index contributed by atoms with van der Waals surface area (Å²) < 4.78 is 0. The summed E-state index contributed by atoms with van der Waals surface area (Å²) >= 11 is 4.89. The van der Waals surface area contributed by atoms with E-state index in [0.29, 0.717) is 5.82 Å². The van der Waals surface area contributed by atoms with Crippen LogP contribution in [0.25, 0.3) is 0 Å². The van der Waals surface area contributed by atoms with Crippen molar-refractivity contribution in [3.63, 3.8) is 0 Å². The summed E-state index contributed by atoms with van der Waals surface area (Å²) in [5, 5.41) is 3.06. The molecular formula is C9H9N3O2S. The minimum atomic E-state index is 0.105. The van der Waals surface area contributed by atoms with Crippen molar-refractivity contribution in [3.05, 3.63) is 30.5 Å². The Morgan fingerprint density at radius 1 is 1.67 bits per heavy atom. The number of thiocarbonyl (C=S) groups is 1. The van der Waals surface area contributed by atoms with Crippen LogP contribution in [0.3, 0.4) is 0 Å². The van der Waals surface area contributed by atoms with Crippen molar-refractivity contribution in [1.82, 2.24) is 10.5 Å². The van der Waals surface area contributed by atoms with Crippen LogP contribution in [0.15, 0.2) is 30.5 Å². The zero-order valence-corrected chi connectivity index (χ0v) is 8.58. The maximum absolute atomic E-state index is 9.79. The highest BCUT2D eigenvalue weighted by Gasteiger charge is 1.96. The zero-order valence-electron chi connectivity index (χ0n) is 7.77. The number of hydrogen-bond donors (Lipinski definition) is 2. The minimum Gasteiger partial charge on any atom is -0.316 e. The third-order valence-corrected chi connectivity index (χ3v) is 1.51. The third-order valence-electron chi connectivity index (χ3n) is 1.32. The van der Waals surface area contributed by atoms with Gasteiger partial charge in [0.25, 0.3) is 0 Å². The molecule has 1 aromatic heterocycles. The number of carbonyl (C=O) groups excluding carboxylic acids is 1. The van der Waals surface area contributed by atoms with Gasteiger partial charge in [-0.2, -0.15) is 0 Å². The van der Waals surface area contributed by atoms with Gasteiger partial charge in [-0.25, -0.2) is 15.3 Å². The Morgan fingerprint density at radius 3 is 3.20 bits per heavy atom. The molecule has 0 amide bonds. The minimum absolute atomic E-state index is 0.105. The smallest absolute Gasteiger partial charge is 0.196 e. The lowest BCUT2D eigenvalue weighted by molar-refractivity contribution is 0.113. The lowest BCUT2D eigenvalue weighted by atomic mass is 10.5. The molecule has 0 unspecified atom stereocenters. The van der Waals surface area contributed by atoms with E-state index in [2.05, 4.69) is 15.8 Å². The van der Waals surface area contributed by atoms with Crippen LogP contribution in [0, 0.1) is 0 Å². The molecule has 0 bridgehead atoms. The number of pyridine rings is 1. The highest BCUT2D eigenvalue weighted by molar-refractivity contribution is 7.80. The third kappa shape index (κ3) is 4.87. The van der Waals surface area contributed by atoms with E-state index in [0.717, 1.165) is 0 Å². The summed E-state index contributed by atoms with van der Waals surface area (Å²) in [7, 11) is 0. The van der Waals surface area contributed by atoms with Crippen LogP contribution in [0.4, 0.5) is 5.82 Å². The molecule has 0 saturated heterocycles. The topological polar surface area (TPSA) is 63.2 Å². The number of hydroxylamine groups is 1. The fourth-order valence-corrected chi connectivity index (χ4v) is 0.925. The predicted octanol–water partition coefficient (Wildman–Crippen LogP) is 0.687. The molecule has 0 saturated carbocycles. The van der Waals surface area contributed by atoms with Crippen LogP contribution in [-0.2, 0) is 9.63 Å². The van der Waals surface area contributed by atoms with E-state index in [-0.39, 0.29) is 11.7 Å². The molecule has 1 rings (SSSR count). The van der Waals surface area contributed by atoms with Gasteiger partial charge >= 0.3 is 0 Å². The molecule has 0 aliphatic carbocycles. The molecule has 0 atom stereocenters. The average Bonchev–Trinajstić information content (AvgIpc) is 2.26. The Morgan fingerprint density at radius 2 is 2.53 bits per heavy atom. The number of hydrogen-bond acceptors (Lipinski definition) is 4. The number of aromatic nitrogens is 1. The first-order chi connectivity index (χ1) is 7.33. The fraction of sp³-hybridized carbons (Fsp3) is 0.111. The fourth-order valence-electron chi connectivity index (χ4n) is 0.761. The molecule has 78 valence electrons. The van der Waals surface area contributed by atoms with E-state index in [1.165, 1.54) is 6.08 Å². The molecule has 0 aliphatic rings. The van der Waals surface area contributed by atoms with Gasteiger partial charge in [0, 0.05) is 12.3 Å². The monoisotopic (exact) mass is 223 g/mol. The molecule has 2 N–H and O–H groups in total. The Hall–Kier alpha value is -1.75. The Kier molecular flexibility index (Phi) is 5.03. The van der Waals surface area contributed by atoms with Gasteiger partial charge in [-0.1, -0.05) is 6.07 Å². The van der Waals surface area contributed by atoms with Crippen molar-refractivity contribution in [1.29, 1.82) is 0 Å². The van der Waals surface area contributed by atoms with Gasteiger partial charge < -0.3 is 5.32 Å². The first-order valence-electron chi connectivity index (χ1n) is 4.12. The number of nitrogens with one attached hydrogen (secondary N) is 2. The summed E-state index contributed by atoms with van der Waals surface area (Å²) in [5.74, 6) is 2.19. The summed E-state index contributed by atoms with van der Waals surface area (Å²) in [5.41, 5.74) is 2.44. The normalized spacial score (nSPS) is 8.80. The SMILES string of the molecule is O=C=CCONC(=S)Nc1ccccn1. The van der Waals surface area contributed by atoms with Crippen molar-refractivity contribution in [3.8, 4) is 0 Å². The molecule has 0 aliphatic heterocycles. The van der Waals surface area contributed by atoms with Crippen LogP contribution in [0.1, 0.15) is 0 Å². The van der Waals surface area contributed by atoms with Crippen molar-refractivity contribution >= 4 is 29.1 Å². The quantitative estimate of drug-likeness (QED) is 0.339. The summed E-state index contributed by atoms with van der Waals surface area (Å²) in [6.07, 6.45) is 2.83. The average molecular weight is 223 g/mol. The highest BCUT2D eigenvalue weighted by Crippen LogP contribution is 1.98. The van der Waals surface area contributed by atoms with Crippen LogP contribution in [0.2, 0.25) is 0 Å². The van der Waals surface area contributed by atoms with Crippen molar-refractivity contribution in [2.75, 3.05) is 11.9 Å². The van der Waals surface area contributed by atoms with Gasteiger partial charge in [0.1, 0.15) is 18.4 Å². The molecule has 5 nitrogen and oxygen atoms in total. The van der Waals surface area contributed by atoms with E-state index in [4.69, 9.17) is 17.1 Å². The van der Waals surface area contributed by atoms with Gasteiger partial charge in [-0.05, 0) is 24.4 Å². The first-order valence-corrected chi connectivity index (χ1v) is 4.53. The molecule has 1 aromatic rings. The lowest BCUT2D eigenvalue weighted by Gasteiger charge is -2.07. The second-order valence-electron chi connectivity index (χ2n) is 2.40. The molecule has 0 radical (unpaired) electrons. The van der Waals surface area contributed by atoms with Crippen LogP contribution in [0.5, 0.6) is 0 Å². The van der Waals surface area contributed by atoms with Gasteiger partial charge in [0.2, 0.25) is 0 Å². The molecule has 15 heavy (non-hydrogen) atoms. The zero-order chi connectivity index (χ0) is 10.9. The Balaban J connectivity index is 2.27. The van der Waals surface area contributed by atoms with Crippen molar-refractivity contribution < 1.29 is 9.63 Å². The maximum atomic E-state index is 9.79. The van der Waals surface area contributed by atoms with Crippen LogP contribution in [-0.4, -0.2) is 22.6 Å². The standard InChI is InChI=1S/C9H9N3O2S/c13-6-3-7-14-12-9(15)11-8-4-1-2-5-10-8/h1-5H,7H2,(H2,10,11,12,15). The maximum Gasteiger partial charge on any atom is 0.196 e. The molecular weight excluding hydrogens is 214 g/mol. The Bertz CT molecular complexity index is 363. The van der Waals surface area contributed by atoms with Gasteiger partial charge in [0.05, 0.1) is 0 Å². The van der Waals surface area contributed by atoms with E-state index in [1.807, 2.05) is 6.07 Å². The number of rotatable bonds is 4. The first kappa shape index (κ1) is 11.3. The van der Waals surface area contributed by atoms with E-state index >= 15 is 0 Å². The van der Waals surface area contributed by atoms with Gasteiger partial charge in [0.15, 0.2) is 5.11 Å². The predicted molar refractivity (Wildman–Crippen MR) is 59.8 cm³/mol. The van der Waals surface area contributed by atoms with Crippen LogP contribution >= 0.6 is 12.2 Å². The van der Waals surface area contributed by atoms with Gasteiger partial charge in [-0.15, -0.1) is 0 Å². The van der Waals surface area contributed by atoms with Gasteiger partial charge in [-0.3, -0.25) is 4.84 Å². The van der Waals surface area contributed by atoms with Crippen LogP contribution < -0.4 is 10.8 Å². The Labute approximate surface area is 92.1 Å². The molecule has 0 aromatic carbocycles. The highest BCUT2D eigenvalue weighted by atomic mass is 32.1. The second-order valence-corrected chi connectivity index (χ2v) is 2.81. The summed E-state index contributed by atoms with van der Waals surface area (Å²) in [6.45, 7) is 0.105. The summed E-state index contributed by atoms with van der Waals surface area (Å²) in [4.78, 5) is 18.6. The van der Waals surface area contributed by atoms with E-state index < -0.39 is 0 Å². The summed E-state index contributed by atoms with van der Waals surface area (Å²) in [6, 6.07) is 5.39. The molecule has 0 spiro atoms. The van der Waals surface area contributed by atoms with E-state index in [1.54, 1.807) is 24.3 Å². The largest absolute Gasteiger partial charge is 0.316 e. The lowest BCUT2D eigenvalue weighted by Crippen LogP contribution is -2.29. The number of anilines is 1. The molecule has 1 heterocycles. The number of nitrogens with zero attached hydrogens (tertiary/aromatic N) is 1. The van der Waals surface area contributed by atoms with Crippen molar-refractivity contribution in [2.24, 2.45) is 0 Å². The van der Waals surface area contributed by atoms with Crippen molar-refractivity contribution in [2.45, 2.75) is 0 Å². The molecule has 0 fully saturated rings. The second kappa shape index (κ2) is 6.67. The van der Waals surface area contributed by atoms with E-state index in [9.17, 15) is 4.79 Å². The molecule has 6 heteroatoms.